The molecule has 2 amide bonds. The van der Waals surface area contributed by atoms with Crippen molar-refractivity contribution in [2.45, 2.75) is 46.3 Å². The Kier molecular flexibility index (Phi) is 4.59. The lowest BCUT2D eigenvalue weighted by atomic mass is 9.96. The highest BCUT2D eigenvalue weighted by molar-refractivity contribution is 5.74. The van der Waals surface area contributed by atoms with Gasteiger partial charge in [0.15, 0.2) is 0 Å². The van der Waals surface area contributed by atoms with Gasteiger partial charge in [0.05, 0.1) is 6.10 Å². The highest BCUT2D eigenvalue weighted by atomic mass is 16.3. The molecule has 0 radical (unpaired) electrons. The van der Waals surface area contributed by atoms with Crippen LogP contribution in [0.4, 0.5) is 4.79 Å². The second kappa shape index (κ2) is 5.53. The van der Waals surface area contributed by atoms with Crippen LogP contribution in [-0.4, -0.2) is 41.3 Å². The zero-order valence-electron chi connectivity index (χ0n) is 10.7. The van der Waals surface area contributed by atoms with E-state index in [4.69, 9.17) is 0 Å². The summed E-state index contributed by atoms with van der Waals surface area (Å²) < 4.78 is 0. The van der Waals surface area contributed by atoms with Gasteiger partial charge in [-0.25, -0.2) is 4.79 Å². The first-order chi connectivity index (χ1) is 7.41. The summed E-state index contributed by atoms with van der Waals surface area (Å²) in [7, 11) is 0. The van der Waals surface area contributed by atoms with Crippen molar-refractivity contribution < 1.29 is 9.90 Å². The van der Waals surface area contributed by atoms with Crippen molar-refractivity contribution in [3.63, 3.8) is 0 Å². The number of rotatable bonds is 2. The van der Waals surface area contributed by atoms with E-state index in [0.717, 1.165) is 13.0 Å². The molecule has 4 heteroatoms. The molecule has 1 saturated heterocycles. The minimum absolute atomic E-state index is 0.0489. The van der Waals surface area contributed by atoms with Gasteiger partial charge in [-0.1, -0.05) is 20.8 Å². The van der Waals surface area contributed by atoms with E-state index in [0.29, 0.717) is 18.4 Å². The Labute approximate surface area is 98.0 Å². The summed E-state index contributed by atoms with van der Waals surface area (Å²) >= 11 is 0. The highest BCUT2D eigenvalue weighted by Crippen LogP contribution is 2.17. The molecule has 0 saturated carbocycles. The van der Waals surface area contributed by atoms with Crippen LogP contribution in [0.1, 0.15) is 34.1 Å². The van der Waals surface area contributed by atoms with Crippen molar-refractivity contribution in [2.24, 2.45) is 11.8 Å². The third kappa shape index (κ3) is 3.37. The van der Waals surface area contributed by atoms with Gasteiger partial charge < -0.3 is 15.3 Å². The molecule has 0 bridgehead atoms. The summed E-state index contributed by atoms with van der Waals surface area (Å²) in [5.74, 6) is 0.726. The van der Waals surface area contributed by atoms with Gasteiger partial charge in [-0.3, -0.25) is 0 Å². The van der Waals surface area contributed by atoms with Crippen molar-refractivity contribution in [3.8, 4) is 0 Å². The van der Waals surface area contributed by atoms with Crippen molar-refractivity contribution in [2.75, 3.05) is 13.1 Å². The van der Waals surface area contributed by atoms with Gasteiger partial charge in [0.25, 0.3) is 0 Å². The standard InChI is InChI=1S/C12H24N2O2/c1-8(2)10(4)13-12(16)14-6-5-9(3)11(15)7-14/h8-11,15H,5-7H2,1-4H3,(H,13,16). The van der Waals surface area contributed by atoms with Crippen LogP contribution in [0.15, 0.2) is 0 Å². The van der Waals surface area contributed by atoms with E-state index in [-0.39, 0.29) is 18.2 Å². The topological polar surface area (TPSA) is 52.6 Å². The third-order valence-electron chi connectivity index (χ3n) is 3.56. The molecular formula is C12H24N2O2. The minimum Gasteiger partial charge on any atom is -0.391 e. The minimum atomic E-state index is -0.381. The summed E-state index contributed by atoms with van der Waals surface area (Å²) in [5.41, 5.74) is 0. The number of hydrogen-bond acceptors (Lipinski definition) is 2. The number of aliphatic hydroxyl groups excluding tert-OH is 1. The molecule has 0 aromatic heterocycles. The molecule has 2 N–H and O–H groups in total. The molecule has 1 aliphatic rings. The SMILES string of the molecule is CC(C)C(C)NC(=O)N1CCC(C)C(O)C1. The first kappa shape index (κ1) is 13.3. The normalized spacial score (nSPS) is 28.0. The molecule has 0 aromatic rings. The zero-order chi connectivity index (χ0) is 12.3. The van der Waals surface area contributed by atoms with Crippen LogP contribution in [-0.2, 0) is 0 Å². The number of amides is 2. The Morgan fingerprint density at radius 1 is 1.44 bits per heavy atom. The van der Waals surface area contributed by atoms with Gasteiger partial charge >= 0.3 is 6.03 Å². The molecular weight excluding hydrogens is 204 g/mol. The van der Waals surface area contributed by atoms with Gasteiger partial charge in [-0.05, 0) is 25.2 Å². The fourth-order valence-corrected chi connectivity index (χ4v) is 1.69. The van der Waals surface area contributed by atoms with E-state index >= 15 is 0 Å². The molecule has 1 heterocycles. The second-order valence-corrected chi connectivity index (χ2v) is 5.26. The summed E-state index contributed by atoms with van der Waals surface area (Å²) in [6.07, 6.45) is 0.499. The van der Waals surface area contributed by atoms with Crippen molar-refractivity contribution >= 4 is 6.03 Å². The molecule has 16 heavy (non-hydrogen) atoms. The number of urea groups is 1. The van der Waals surface area contributed by atoms with E-state index < -0.39 is 0 Å². The predicted molar refractivity (Wildman–Crippen MR) is 64.2 cm³/mol. The van der Waals surface area contributed by atoms with Crippen LogP contribution in [0.5, 0.6) is 0 Å². The van der Waals surface area contributed by atoms with Gasteiger partial charge in [0, 0.05) is 19.1 Å². The second-order valence-electron chi connectivity index (χ2n) is 5.26. The van der Waals surface area contributed by atoms with Crippen LogP contribution in [0.3, 0.4) is 0 Å². The Balaban J connectivity index is 2.43. The molecule has 0 aromatic carbocycles. The predicted octanol–water partition coefficient (Wildman–Crippen LogP) is 1.44. The molecule has 0 aliphatic carbocycles. The maximum Gasteiger partial charge on any atom is 0.317 e. The molecule has 0 spiro atoms. The fourth-order valence-electron chi connectivity index (χ4n) is 1.69. The Morgan fingerprint density at radius 3 is 2.56 bits per heavy atom. The van der Waals surface area contributed by atoms with Crippen LogP contribution in [0.2, 0.25) is 0 Å². The lowest BCUT2D eigenvalue weighted by Crippen LogP contribution is -2.52. The van der Waals surface area contributed by atoms with Crippen molar-refractivity contribution in [1.82, 2.24) is 10.2 Å². The number of carbonyl (C=O) groups excluding carboxylic acids is 1. The van der Waals surface area contributed by atoms with Crippen molar-refractivity contribution in [1.29, 1.82) is 0 Å². The number of likely N-dealkylation sites (tertiary alicyclic amines) is 1. The van der Waals surface area contributed by atoms with Crippen molar-refractivity contribution in [3.05, 3.63) is 0 Å². The third-order valence-corrected chi connectivity index (χ3v) is 3.56. The number of β-amino-alcohol motifs (C(OH)–C–C–N with tert-alkyl or cyclic N) is 1. The molecule has 4 nitrogen and oxygen atoms in total. The number of piperidine rings is 1. The molecule has 3 atom stereocenters. The Morgan fingerprint density at radius 2 is 2.06 bits per heavy atom. The average molecular weight is 228 g/mol. The van der Waals surface area contributed by atoms with Gasteiger partial charge in [-0.2, -0.15) is 0 Å². The molecule has 1 rings (SSSR count). The zero-order valence-corrected chi connectivity index (χ0v) is 10.7. The van der Waals surface area contributed by atoms with Crippen LogP contribution >= 0.6 is 0 Å². The quantitative estimate of drug-likeness (QED) is 0.751. The molecule has 1 fully saturated rings. The number of nitrogens with zero attached hydrogens (tertiary/aromatic N) is 1. The van der Waals surface area contributed by atoms with E-state index in [1.54, 1.807) is 4.90 Å². The lowest BCUT2D eigenvalue weighted by molar-refractivity contribution is 0.0428. The molecule has 94 valence electrons. The number of aliphatic hydroxyl groups is 1. The van der Waals surface area contributed by atoms with Crippen LogP contribution in [0.25, 0.3) is 0 Å². The van der Waals surface area contributed by atoms with E-state index in [2.05, 4.69) is 19.2 Å². The van der Waals surface area contributed by atoms with Gasteiger partial charge in [-0.15, -0.1) is 0 Å². The lowest BCUT2D eigenvalue weighted by Gasteiger charge is -2.35. The number of nitrogens with one attached hydrogen (secondary N) is 1. The van der Waals surface area contributed by atoms with E-state index in [9.17, 15) is 9.90 Å². The number of hydrogen-bond donors (Lipinski definition) is 2. The van der Waals surface area contributed by atoms with Gasteiger partial charge in [0.2, 0.25) is 0 Å². The fraction of sp³-hybridized carbons (Fsp3) is 0.917. The van der Waals surface area contributed by atoms with Crippen LogP contribution < -0.4 is 5.32 Å². The number of carbonyl (C=O) groups is 1. The van der Waals surface area contributed by atoms with E-state index in [1.807, 2.05) is 13.8 Å². The van der Waals surface area contributed by atoms with Gasteiger partial charge in [0.1, 0.15) is 0 Å². The average Bonchev–Trinajstić information content (AvgIpc) is 2.21. The molecule has 3 unspecified atom stereocenters. The smallest absolute Gasteiger partial charge is 0.317 e. The first-order valence-corrected chi connectivity index (χ1v) is 6.15. The molecule has 1 aliphatic heterocycles. The summed E-state index contributed by atoms with van der Waals surface area (Å²) in [4.78, 5) is 13.6. The summed E-state index contributed by atoms with van der Waals surface area (Å²) in [5, 5.41) is 12.7. The summed E-state index contributed by atoms with van der Waals surface area (Å²) in [6.45, 7) is 9.39. The maximum absolute atomic E-state index is 11.9. The van der Waals surface area contributed by atoms with E-state index in [1.165, 1.54) is 0 Å². The maximum atomic E-state index is 11.9. The highest BCUT2D eigenvalue weighted by Gasteiger charge is 2.27. The Hall–Kier alpha value is -0.770. The Bertz CT molecular complexity index is 243. The summed E-state index contributed by atoms with van der Waals surface area (Å²) in [6, 6.07) is 0.121. The monoisotopic (exact) mass is 228 g/mol. The largest absolute Gasteiger partial charge is 0.391 e. The van der Waals surface area contributed by atoms with Crippen LogP contribution in [0, 0.1) is 11.8 Å². The first-order valence-electron chi connectivity index (χ1n) is 6.15.